The molecule has 4 aromatic rings. The van der Waals surface area contributed by atoms with Crippen LogP contribution >= 0.6 is 0 Å². The van der Waals surface area contributed by atoms with Crippen molar-refractivity contribution in [2.75, 3.05) is 12.4 Å². The Morgan fingerprint density at radius 1 is 0.966 bits per heavy atom. The van der Waals surface area contributed by atoms with Crippen molar-refractivity contribution in [3.8, 4) is 17.1 Å². The standard InChI is InChI=1S/C24H19NO4/c1-15-5-3-4-6-19(15)23-14-21(26)20-13-17(9-12-22(20)29-23)25-24(27)16-7-10-18(28-2)11-8-16/h3-14H,1-2H3,(H,25,27). The van der Waals surface area contributed by atoms with Crippen molar-refractivity contribution < 1.29 is 13.9 Å². The Bertz CT molecular complexity index is 1260. The summed E-state index contributed by atoms with van der Waals surface area (Å²) >= 11 is 0. The van der Waals surface area contributed by atoms with E-state index >= 15 is 0 Å². The van der Waals surface area contributed by atoms with Crippen LogP contribution in [0.2, 0.25) is 0 Å². The zero-order chi connectivity index (χ0) is 20.4. The third-order valence-electron chi connectivity index (χ3n) is 4.75. The molecule has 0 radical (unpaired) electrons. The van der Waals surface area contributed by atoms with Crippen molar-refractivity contribution >= 4 is 22.6 Å². The van der Waals surface area contributed by atoms with E-state index in [1.54, 1.807) is 49.6 Å². The van der Waals surface area contributed by atoms with Crippen molar-refractivity contribution in [3.05, 3.63) is 94.1 Å². The SMILES string of the molecule is COc1ccc(C(=O)Nc2ccc3oc(-c4ccccc4C)cc(=O)c3c2)cc1. The van der Waals surface area contributed by atoms with E-state index < -0.39 is 0 Å². The van der Waals surface area contributed by atoms with Crippen molar-refractivity contribution in [2.45, 2.75) is 6.92 Å². The molecule has 144 valence electrons. The third-order valence-corrected chi connectivity index (χ3v) is 4.75. The number of ether oxygens (including phenoxy) is 1. The van der Waals surface area contributed by atoms with Crippen LogP contribution in [-0.2, 0) is 0 Å². The van der Waals surface area contributed by atoms with Gasteiger partial charge in [0.05, 0.1) is 12.5 Å². The first-order valence-corrected chi connectivity index (χ1v) is 9.14. The highest BCUT2D eigenvalue weighted by atomic mass is 16.5. The minimum Gasteiger partial charge on any atom is -0.497 e. The Labute approximate surface area is 167 Å². The minimum absolute atomic E-state index is 0.162. The van der Waals surface area contributed by atoms with Gasteiger partial charge in [-0.1, -0.05) is 24.3 Å². The second-order valence-corrected chi connectivity index (χ2v) is 6.68. The predicted molar refractivity (Wildman–Crippen MR) is 114 cm³/mol. The van der Waals surface area contributed by atoms with E-state index in [4.69, 9.17) is 9.15 Å². The van der Waals surface area contributed by atoms with Crippen LogP contribution in [0.15, 0.2) is 82.0 Å². The minimum atomic E-state index is -0.270. The van der Waals surface area contributed by atoms with Gasteiger partial charge in [-0.25, -0.2) is 0 Å². The molecule has 0 fully saturated rings. The van der Waals surface area contributed by atoms with Gasteiger partial charge in [-0.2, -0.15) is 0 Å². The predicted octanol–water partition coefficient (Wildman–Crippen LogP) is 5.03. The van der Waals surface area contributed by atoms with Crippen LogP contribution in [0, 0.1) is 6.92 Å². The van der Waals surface area contributed by atoms with Crippen LogP contribution in [0.5, 0.6) is 5.75 Å². The van der Waals surface area contributed by atoms with E-state index in [9.17, 15) is 9.59 Å². The molecule has 0 spiro atoms. The maximum Gasteiger partial charge on any atom is 0.255 e. The molecular weight excluding hydrogens is 366 g/mol. The number of carbonyl (C=O) groups is 1. The summed E-state index contributed by atoms with van der Waals surface area (Å²) in [6, 6.07) is 21.1. The molecular formula is C24H19NO4. The molecule has 0 saturated carbocycles. The van der Waals surface area contributed by atoms with E-state index in [1.807, 2.05) is 31.2 Å². The van der Waals surface area contributed by atoms with Gasteiger partial charge in [0.2, 0.25) is 0 Å². The highest BCUT2D eigenvalue weighted by Crippen LogP contribution is 2.26. The van der Waals surface area contributed by atoms with Crippen LogP contribution < -0.4 is 15.5 Å². The molecule has 29 heavy (non-hydrogen) atoms. The molecule has 0 unspecified atom stereocenters. The van der Waals surface area contributed by atoms with Gasteiger partial charge < -0.3 is 14.5 Å². The van der Waals surface area contributed by atoms with Gasteiger partial charge in [0.1, 0.15) is 17.1 Å². The molecule has 0 aliphatic carbocycles. The van der Waals surface area contributed by atoms with Crippen molar-refractivity contribution in [1.29, 1.82) is 0 Å². The summed E-state index contributed by atoms with van der Waals surface area (Å²) < 4.78 is 11.1. The summed E-state index contributed by atoms with van der Waals surface area (Å²) in [5.41, 5.74) is 3.23. The van der Waals surface area contributed by atoms with Crippen molar-refractivity contribution in [2.24, 2.45) is 0 Å². The molecule has 1 N–H and O–H groups in total. The lowest BCUT2D eigenvalue weighted by atomic mass is 10.1. The zero-order valence-electron chi connectivity index (χ0n) is 16.1. The van der Waals surface area contributed by atoms with Crippen LogP contribution in [0.3, 0.4) is 0 Å². The topological polar surface area (TPSA) is 68.5 Å². The summed E-state index contributed by atoms with van der Waals surface area (Å²) in [5, 5.41) is 3.22. The first kappa shape index (κ1) is 18.5. The molecule has 1 aromatic heterocycles. The van der Waals surface area contributed by atoms with Crippen LogP contribution in [-0.4, -0.2) is 13.0 Å². The van der Waals surface area contributed by atoms with Gasteiger partial charge in [0.15, 0.2) is 5.43 Å². The van der Waals surface area contributed by atoms with Crippen LogP contribution in [0.4, 0.5) is 5.69 Å². The second-order valence-electron chi connectivity index (χ2n) is 6.68. The van der Waals surface area contributed by atoms with E-state index in [-0.39, 0.29) is 11.3 Å². The maximum atomic E-state index is 12.7. The first-order valence-electron chi connectivity index (χ1n) is 9.14. The average molecular weight is 385 g/mol. The summed E-state index contributed by atoms with van der Waals surface area (Å²) in [5.74, 6) is 0.929. The lowest BCUT2D eigenvalue weighted by molar-refractivity contribution is 0.102. The Hall–Kier alpha value is -3.86. The molecule has 0 atom stereocenters. The molecule has 0 saturated heterocycles. The maximum absolute atomic E-state index is 12.7. The summed E-state index contributed by atoms with van der Waals surface area (Å²) in [7, 11) is 1.57. The fourth-order valence-electron chi connectivity index (χ4n) is 3.16. The highest BCUT2D eigenvalue weighted by Gasteiger charge is 2.11. The summed E-state index contributed by atoms with van der Waals surface area (Å²) in [4.78, 5) is 25.1. The van der Waals surface area contributed by atoms with E-state index in [1.165, 1.54) is 6.07 Å². The smallest absolute Gasteiger partial charge is 0.255 e. The molecule has 1 amide bonds. The number of rotatable bonds is 4. The fourth-order valence-corrected chi connectivity index (χ4v) is 3.16. The zero-order valence-corrected chi connectivity index (χ0v) is 16.1. The molecule has 5 heteroatoms. The molecule has 4 rings (SSSR count). The van der Waals surface area contributed by atoms with Gasteiger partial charge >= 0.3 is 0 Å². The van der Waals surface area contributed by atoms with Gasteiger partial charge in [0, 0.05) is 22.9 Å². The Morgan fingerprint density at radius 3 is 2.45 bits per heavy atom. The normalized spacial score (nSPS) is 10.7. The van der Waals surface area contributed by atoms with Gasteiger partial charge in [0.25, 0.3) is 5.91 Å². The lowest BCUT2D eigenvalue weighted by Crippen LogP contribution is -2.12. The largest absolute Gasteiger partial charge is 0.497 e. The van der Waals surface area contributed by atoms with Crippen molar-refractivity contribution in [3.63, 3.8) is 0 Å². The quantitative estimate of drug-likeness (QED) is 0.535. The number of fused-ring (bicyclic) bond motifs is 1. The monoisotopic (exact) mass is 385 g/mol. The molecule has 1 heterocycles. The number of carbonyl (C=O) groups excluding carboxylic acids is 1. The number of hydrogen-bond donors (Lipinski definition) is 1. The number of aryl methyl sites for hydroxylation is 1. The number of nitrogens with one attached hydrogen (secondary N) is 1. The Kier molecular flexibility index (Phi) is 4.87. The Balaban J connectivity index is 1.65. The molecule has 0 bridgehead atoms. The second kappa shape index (κ2) is 7.64. The van der Waals surface area contributed by atoms with E-state index in [0.717, 1.165) is 11.1 Å². The van der Waals surface area contributed by atoms with Gasteiger partial charge in [-0.15, -0.1) is 0 Å². The molecule has 5 nitrogen and oxygen atoms in total. The number of benzene rings is 3. The number of amides is 1. The molecule has 3 aromatic carbocycles. The van der Waals surface area contributed by atoms with E-state index in [0.29, 0.717) is 33.7 Å². The van der Waals surface area contributed by atoms with Gasteiger partial charge in [-0.05, 0) is 55.0 Å². The number of anilines is 1. The lowest BCUT2D eigenvalue weighted by Gasteiger charge is -2.09. The molecule has 0 aliphatic heterocycles. The first-order chi connectivity index (χ1) is 14.0. The fraction of sp³-hybridized carbons (Fsp3) is 0.0833. The van der Waals surface area contributed by atoms with E-state index in [2.05, 4.69) is 5.32 Å². The van der Waals surface area contributed by atoms with Crippen LogP contribution in [0.25, 0.3) is 22.3 Å². The van der Waals surface area contributed by atoms with Crippen molar-refractivity contribution in [1.82, 2.24) is 0 Å². The highest BCUT2D eigenvalue weighted by molar-refractivity contribution is 6.05. The Morgan fingerprint density at radius 2 is 1.72 bits per heavy atom. The molecule has 0 aliphatic rings. The average Bonchev–Trinajstić information content (AvgIpc) is 2.74. The third kappa shape index (κ3) is 3.75. The van der Waals surface area contributed by atoms with Gasteiger partial charge in [-0.3, -0.25) is 9.59 Å². The number of methoxy groups -OCH3 is 1. The summed E-state index contributed by atoms with van der Waals surface area (Å²) in [6.45, 7) is 1.97. The summed E-state index contributed by atoms with van der Waals surface area (Å²) in [6.07, 6.45) is 0. The van der Waals surface area contributed by atoms with Crippen LogP contribution in [0.1, 0.15) is 15.9 Å². The number of hydrogen-bond acceptors (Lipinski definition) is 4.